The number of halogens is 1. The van der Waals surface area contributed by atoms with Crippen LogP contribution in [0.15, 0.2) is 45.5 Å². The zero-order valence-electron chi connectivity index (χ0n) is 14.0. The van der Waals surface area contributed by atoms with Crippen LogP contribution in [0.1, 0.15) is 30.8 Å². The van der Waals surface area contributed by atoms with Crippen LogP contribution >= 0.6 is 15.9 Å². The first-order chi connectivity index (χ1) is 11.9. The molecule has 0 spiro atoms. The maximum atomic E-state index is 12.7. The number of amides is 1. The Morgan fingerprint density at radius 1 is 1.28 bits per heavy atom. The molecule has 0 atom stereocenters. The van der Waals surface area contributed by atoms with Gasteiger partial charge in [-0.15, -0.1) is 0 Å². The normalized spacial score (nSPS) is 15.5. The van der Waals surface area contributed by atoms with Gasteiger partial charge in [-0.2, -0.15) is 0 Å². The number of nitrogens with zero attached hydrogens (tertiary/aromatic N) is 1. The molecule has 0 radical (unpaired) electrons. The van der Waals surface area contributed by atoms with Gasteiger partial charge in [0, 0.05) is 6.54 Å². The first-order valence-electron chi connectivity index (χ1n) is 8.00. The van der Waals surface area contributed by atoms with Crippen molar-refractivity contribution >= 4 is 39.2 Å². The molecule has 1 aliphatic rings. The van der Waals surface area contributed by atoms with Crippen molar-refractivity contribution in [2.75, 3.05) is 23.4 Å². The van der Waals surface area contributed by atoms with Gasteiger partial charge in [-0.05, 0) is 60.5 Å². The average Bonchev–Trinajstić information content (AvgIpc) is 3.00. The first kappa shape index (κ1) is 17.5. The predicted octanol–water partition coefficient (Wildman–Crippen LogP) is 3.83. The number of esters is 1. The highest BCUT2D eigenvalue weighted by atomic mass is 79.9. The van der Waals surface area contributed by atoms with E-state index in [1.807, 2.05) is 38.1 Å². The van der Waals surface area contributed by atoms with Gasteiger partial charge < -0.3 is 19.4 Å². The number of carbonyl (C=O) groups is 2. The molecule has 0 saturated carbocycles. The SMILES string of the molecule is CC1(C)Nc2ccccc2N(CCCOC(=O)c2ccc(Br)o2)C1=O. The van der Waals surface area contributed by atoms with Gasteiger partial charge in [0.2, 0.25) is 5.76 Å². The summed E-state index contributed by atoms with van der Waals surface area (Å²) in [5, 5.41) is 3.26. The van der Waals surface area contributed by atoms with E-state index in [1.165, 1.54) is 0 Å². The molecule has 2 heterocycles. The predicted molar refractivity (Wildman–Crippen MR) is 97.8 cm³/mol. The van der Waals surface area contributed by atoms with Crippen LogP contribution in [-0.2, 0) is 9.53 Å². The summed E-state index contributed by atoms with van der Waals surface area (Å²) in [6, 6.07) is 10.9. The second-order valence-corrected chi connectivity index (χ2v) is 7.10. The van der Waals surface area contributed by atoms with Crippen molar-refractivity contribution in [1.29, 1.82) is 0 Å². The summed E-state index contributed by atoms with van der Waals surface area (Å²) in [6.07, 6.45) is 0.532. The van der Waals surface area contributed by atoms with Crippen LogP contribution in [0.25, 0.3) is 0 Å². The lowest BCUT2D eigenvalue weighted by Gasteiger charge is -2.39. The van der Waals surface area contributed by atoms with Gasteiger partial charge in [0.25, 0.3) is 5.91 Å². The second kappa shape index (κ2) is 6.92. The van der Waals surface area contributed by atoms with E-state index in [-0.39, 0.29) is 18.3 Å². The Balaban J connectivity index is 1.60. The molecule has 2 aromatic rings. The van der Waals surface area contributed by atoms with E-state index in [2.05, 4.69) is 21.2 Å². The minimum Gasteiger partial charge on any atom is -0.460 e. The molecule has 6 nitrogen and oxygen atoms in total. The van der Waals surface area contributed by atoms with Crippen molar-refractivity contribution in [3.05, 3.63) is 46.8 Å². The summed E-state index contributed by atoms with van der Waals surface area (Å²) in [5.74, 6) is -0.373. The van der Waals surface area contributed by atoms with Gasteiger partial charge in [-0.25, -0.2) is 4.79 Å². The molecule has 1 amide bonds. The van der Waals surface area contributed by atoms with E-state index in [1.54, 1.807) is 17.0 Å². The largest absolute Gasteiger partial charge is 0.460 e. The Bertz CT molecular complexity index is 800. The summed E-state index contributed by atoms with van der Waals surface area (Å²) in [7, 11) is 0. The van der Waals surface area contributed by atoms with E-state index in [9.17, 15) is 9.59 Å². The van der Waals surface area contributed by atoms with Crippen molar-refractivity contribution < 1.29 is 18.7 Å². The molecule has 0 fully saturated rings. The number of anilines is 2. The molecular weight excluding hydrogens is 388 g/mol. The number of nitrogens with one attached hydrogen (secondary N) is 1. The smallest absolute Gasteiger partial charge is 0.374 e. The number of ether oxygens (including phenoxy) is 1. The van der Waals surface area contributed by atoms with Crippen LogP contribution in [0, 0.1) is 0 Å². The number of benzene rings is 1. The second-order valence-electron chi connectivity index (χ2n) is 6.32. The van der Waals surface area contributed by atoms with Gasteiger partial charge in [-0.3, -0.25) is 4.79 Å². The third kappa shape index (κ3) is 3.71. The molecule has 0 aliphatic carbocycles. The number of furan rings is 1. The maximum absolute atomic E-state index is 12.7. The third-order valence-electron chi connectivity index (χ3n) is 3.96. The van der Waals surface area contributed by atoms with Crippen molar-refractivity contribution in [3.8, 4) is 0 Å². The average molecular weight is 407 g/mol. The molecule has 1 aliphatic heterocycles. The Labute approximate surface area is 154 Å². The van der Waals surface area contributed by atoms with Gasteiger partial charge in [0.1, 0.15) is 5.54 Å². The van der Waals surface area contributed by atoms with Gasteiger partial charge in [-0.1, -0.05) is 12.1 Å². The third-order valence-corrected chi connectivity index (χ3v) is 4.38. The summed E-state index contributed by atoms with van der Waals surface area (Å²) in [5.41, 5.74) is 1.09. The summed E-state index contributed by atoms with van der Waals surface area (Å²) in [4.78, 5) is 26.3. The van der Waals surface area contributed by atoms with E-state index >= 15 is 0 Å². The molecule has 1 aromatic carbocycles. The van der Waals surface area contributed by atoms with Crippen molar-refractivity contribution in [1.82, 2.24) is 0 Å². The van der Waals surface area contributed by atoms with Gasteiger partial charge in [0.05, 0.1) is 18.0 Å². The number of rotatable bonds is 5. The minimum atomic E-state index is -0.675. The Morgan fingerprint density at radius 3 is 2.76 bits per heavy atom. The number of carbonyl (C=O) groups excluding carboxylic acids is 2. The highest BCUT2D eigenvalue weighted by molar-refractivity contribution is 9.10. The van der Waals surface area contributed by atoms with Crippen LogP contribution in [-0.4, -0.2) is 30.6 Å². The Kier molecular flexibility index (Phi) is 4.85. The maximum Gasteiger partial charge on any atom is 0.374 e. The fourth-order valence-electron chi connectivity index (χ4n) is 2.76. The van der Waals surface area contributed by atoms with Crippen molar-refractivity contribution in [2.24, 2.45) is 0 Å². The van der Waals surface area contributed by atoms with Gasteiger partial charge >= 0.3 is 5.97 Å². The molecule has 3 rings (SSSR count). The highest BCUT2D eigenvalue weighted by Crippen LogP contribution is 2.34. The molecule has 0 bridgehead atoms. The molecule has 1 aromatic heterocycles. The Morgan fingerprint density at radius 2 is 2.04 bits per heavy atom. The quantitative estimate of drug-likeness (QED) is 0.603. The van der Waals surface area contributed by atoms with E-state index in [0.717, 1.165) is 11.4 Å². The number of hydrogen-bond donors (Lipinski definition) is 1. The van der Waals surface area contributed by atoms with Crippen LogP contribution in [0.4, 0.5) is 11.4 Å². The van der Waals surface area contributed by atoms with E-state index in [0.29, 0.717) is 17.6 Å². The standard InChI is InChI=1S/C18H19BrN2O4/c1-18(2)17(23)21(13-7-4-3-6-12(13)20-18)10-5-11-24-16(22)14-8-9-15(19)25-14/h3-4,6-9,20H,5,10-11H2,1-2H3. The topological polar surface area (TPSA) is 71.8 Å². The molecule has 0 saturated heterocycles. The minimum absolute atomic E-state index is 0.00695. The molecule has 25 heavy (non-hydrogen) atoms. The zero-order valence-corrected chi connectivity index (χ0v) is 15.6. The highest BCUT2D eigenvalue weighted by Gasteiger charge is 2.38. The van der Waals surface area contributed by atoms with E-state index in [4.69, 9.17) is 9.15 Å². The van der Waals surface area contributed by atoms with Crippen molar-refractivity contribution in [2.45, 2.75) is 25.8 Å². The first-order valence-corrected chi connectivity index (χ1v) is 8.79. The number of para-hydroxylation sites is 2. The number of hydrogen-bond acceptors (Lipinski definition) is 5. The van der Waals surface area contributed by atoms with Crippen LogP contribution in [0.5, 0.6) is 0 Å². The van der Waals surface area contributed by atoms with E-state index < -0.39 is 11.5 Å². The summed E-state index contributed by atoms with van der Waals surface area (Å²) < 4.78 is 10.8. The summed E-state index contributed by atoms with van der Waals surface area (Å²) in [6.45, 7) is 4.38. The fraction of sp³-hybridized carbons (Fsp3) is 0.333. The summed E-state index contributed by atoms with van der Waals surface area (Å²) >= 11 is 3.14. The lowest BCUT2D eigenvalue weighted by Crippen LogP contribution is -2.54. The molecular formula is C18H19BrN2O4. The fourth-order valence-corrected chi connectivity index (χ4v) is 3.06. The lowest BCUT2D eigenvalue weighted by atomic mass is 9.98. The molecule has 1 N–H and O–H groups in total. The lowest BCUT2D eigenvalue weighted by molar-refractivity contribution is -0.122. The molecule has 0 unspecified atom stereocenters. The zero-order chi connectivity index (χ0) is 18.0. The van der Waals surface area contributed by atoms with Crippen LogP contribution < -0.4 is 10.2 Å². The Hall–Kier alpha value is -2.28. The van der Waals surface area contributed by atoms with Gasteiger partial charge in [0.15, 0.2) is 4.67 Å². The van der Waals surface area contributed by atoms with Crippen molar-refractivity contribution in [3.63, 3.8) is 0 Å². The molecule has 7 heteroatoms. The van der Waals surface area contributed by atoms with Crippen LogP contribution in [0.3, 0.4) is 0 Å². The van der Waals surface area contributed by atoms with Crippen LogP contribution in [0.2, 0.25) is 0 Å². The monoisotopic (exact) mass is 406 g/mol. The number of fused-ring (bicyclic) bond motifs is 1. The molecule has 132 valence electrons.